The monoisotopic (exact) mass is 345 g/mol. The summed E-state index contributed by atoms with van der Waals surface area (Å²) < 4.78 is 102. The zero-order chi connectivity index (χ0) is 13.5. The third kappa shape index (κ3) is 17000. The molecule has 16 heavy (non-hydrogen) atoms. The van der Waals surface area contributed by atoms with Crippen LogP contribution in [0.5, 0.6) is 0 Å². The van der Waals surface area contributed by atoms with Gasteiger partial charge < -0.3 is 0 Å². The largest absolute Gasteiger partial charge is 0.435 e. The zero-order valence-electron chi connectivity index (χ0n) is 6.73. The van der Waals surface area contributed by atoms with Crippen molar-refractivity contribution < 1.29 is 76.4 Å². The minimum absolute atomic E-state index is 0. The molecule has 9 nitrogen and oxygen atoms in total. The van der Waals surface area contributed by atoms with E-state index in [1.807, 2.05) is 0 Å². The molecule has 0 amide bonds. The van der Waals surface area contributed by atoms with Gasteiger partial charge in [-0.1, -0.05) is 11.7 Å². The van der Waals surface area contributed by atoms with Crippen molar-refractivity contribution >= 4 is 31.5 Å². The summed E-state index contributed by atoms with van der Waals surface area (Å²) in [7, 11) is -15.5. The molecule has 0 aromatic rings. The summed E-state index contributed by atoms with van der Waals surface area (Å²) in [6.45, 7) is 0. The van der Waals surface area contributed by atoms with Crippen molar-refractivity contribution in [1.29, 1.82) is 0 Å². The Kier molecular flexibility index (Phi) is 14.9. The molecule has 0 unspecified atom stereocenters. The van der Waals surface area contributed by atoms with Gasteiger partial charge >= 0.3 is 31.5 Å². The van der Waals surface area contributed by atoms with Crippen LogP contribution in [0.15, 0.2) is 0 Å². The van der Waals surface area contributed by atoms with E-state index in [2.05, 4.69) is 0 Å². The Bertz CT molecular complexity index is 347. The topological polar surface area (TPSA) is 163 Å². The van der Waals surface area contributed by atoms with Gasteiger partial charge in [0.15, 0.2) is 0 Å². The third-order valence-electron chi connectivity index (χ3n) is 0. The van der Waals surface area contributed by atoms with Crippen LogP contribution in [0.25, 0.3) is 0 Å². The minimum Gasteiger partial charge on any atom is -0.260 e. The van der Waals surface area contributed by atoms with Gasteiger partial charge in [-0.25, -0.2) is 0 Å². The molecule has 1 radical (unpaired) electrons. The summed E-state index contributed by atoms with van der Waals surface area (Å²) in [4.78, 5) is 0. The molecule has 0 fully saturated rings. The van der Waals surface area contributed by atoms with E-state index in [-0.39, 0.29) is 25.8 Å². The maximum atomic E-state index is 10.2. The van der Waals surface area contributed by atoms with Crippen molar-refractivity contribution in [2.45, 2.75) is 0 Å². The third-order valence-corrected chi connectivity index (χ3v) is 0. The van der Waals surface area contributed by atoms with Gasteiger partial charge in [0.25, 0.3) is 0 Å². The van der Waals surface area contributed by atoms with Crippen LogP contribution in [-0.2, 0) is 57.4 Å². The molecule has 16 heteroatoms. The molecule has 0 aliphatic heterocycles. The summed E-state index contributed by atoms with van der Waals surface area (Å²) in [6, 6.07) is 0. The van der Waals surface area contributed by atoms with Crippen LogP contribution >= 0.6 is 0 Å². The van der Waals surface area contributed by atoms with E-state index < -0.39 is 31.5 Å². The standard InChI is InChI=1S/3FHO3S.Sc/c3*1-5(2,3)4;/h3*(H,2,3,4);. The Labute approximate surface area is 108 Å². The van der Waals surface area contributed by atoms with Gasteiger partial charge in [-0.05, 0) is 0 Å². The van der Waals surface area contributed by atoms with Gasteiger partial charge in [-0.3, -0.25) is 13.7 Å². The van der Waals surface area contributed by atoms with Crippen LogP contribution in [0, 0.1) is 0 Å². The molecule has 99 valence electrons. The Morgan fingerprint density at radius 3 is 0.562 bits per heavy atom. The van der Waals surface area contributed by atoms with Crippen molar-refractivity contribution in [3.8, 4) is 0 Å². The number of halogens is 3. The van der Waals surface area contributed by atoms with Gasteiger partial charge in [0.2, 0.25) is 0 Å². The van der Waals surface area contributed by atoms with Crippen molar-refractivity contribution in [2.24, 2.45) is 0 Å². The molecule has 0 aromatic heterocycles. The molecule has 3 N–H and O–H groups in total. The summed E-state index contributed by atoms with van der Waals surface area (Å²) in [5.74, 6) is 0. The normalized spacial score (nSPS) is 10.9. The second kappa shape index (κ2) is 9.42. The minimum atomic E-state index is -5.17. The van der Waals surface area contributed by atoms with Gasteiger partial charge in [0.1, 0.15) is 0 Å². The molecule has 0 saturated carbocycles. The Hall–Kier alpha value is 0.390. The molecule has 0 atom stereocenters. The molecule has 0 spiro atoms. The van der Waals surface area contributed by atoms with Gasteiger partial charge in [-0.2, -0.15) is 25.3 Å². The molecular weight excluding hydrogens is 342 g/mol. The molecule has 0 aromatic carbocycles. The Morgan fingerprint density at radius 2 is 0.562 bits per heavy atom. The summed E-state index contributed by atoms with van der Waals surface area (Å²) >= 11 is 0. The maximum absolute atomic E-state index is 10.2. The van der Waals surface area contributed by atoms with E-state index >= 15 is 0 Å². The summed E-state index contributed by atoms with van der Waals surface area (Å²) in [5, 5.41) is 0. The maximum Gasteiger partial charge on any atom is 0.435 e. The molecular formula is H3F3O9S3Sc. The average molecular weight is 345 g/mol. The molecule has 0 saturated heterocycles. The molecule has 0 aliphatic carbocycles. The first-order valence-corrected chi connectivity index (χ1v) is 6.03. The van der Waals surface area contributed by atoms with Crippen molar-refractivity contribution in [2.75, 3.05) is 0 Å². The van der Waals surface area contributed by atoms with E-state index in [9.17, 15) is 11.7 Å². The first kappa shape index (κ1) is 25.3. The number of hydrogen-bond donors (Lipinski definition) is 3. The first-order valence-electron chi connectivity index (χ1n) is 2.01. The fraction of sp³-hybridized carbons (Fsp3) is 0. The molecule has 0 bridgehead atoms. The molecule has 0 rings (SSSR count). The summed E-state index contributed by atoms with van der Waals surface area (Å²) in [6.07, 6.45) is 0. The van der Waals surface area contributed by atoms with Gasteiger partial charge in [-0.15, -0.1) is 0 Å². The van der Waals surface area contributed by atoms with Crippen LogP contribution in [0.1, 0.15) is 0 Å². The zero-order valence-corrected chi connectivity index (χ0v) is 11.0. The van der Waals surface area contributed by atoms with Crippen LogP contribution in [0.2, 0.25) is 0 Å². The fourth-order valence-corrected chi connectivity index (χ4v) is 0. The van der Waals surface area contributed by atoms with E-state index in [1.165, 1.54) is 0 Å². The van der Waals surface area contributed by atoms with Crippen LogP contribution < -0.4 is 0 Å². The quantitative estimate of drug-likeness (QED) is 0.379. The van der Waals surface area contributed by atoms with Gasteiger partial charge in [0, 0.05) is 25.8 Å². The average Bonchev–Trinajstić information content (AvgIpc) is 1.41. The predicted molar refractivity (Wildman–Crippen MR) is 38.0 cm³/mol. The first-order chi connectivity index (χ1) is 6.00. The van der Waals surface area contributed by atoms with Crippen LogP contribution in [0.4, 0.5) is 11.7 Å². The fourth-order valence-electron chi connectivity index (χ4n) is 0. The SMILES string of the molecule is O=S(=O)(O)F.O=S(=O)(O)F.O=S(=O)(O)F.[Sc]. The van der Waals surface area contributed by atoms with Crippen molar-refractivity contribution in [1.82, 2.24) is 0 Å². The van der Waals surface area contributed by atoms with Crippen molar-refractivity contribution in [3.05, 3.63) is 0 Å². The van der Waals surface area contributed by atoms with Crippen LogP contribution in [0.3, 0.4) is 0 Å². The van der Waals surface area contributed by atoms with Crippen molar-refractivity contribution in [3.63, 3.8) is 0 Å². The van der Waals surface area contributed by atoms with Gasteiger partial charge in [0.05, 0.1) is 0 Å². The smallest absolute Gasteiger partial charge is 0.260 e. The molecule has 0 aliphatic rings. The van der Waals surface area contributed by atoms with E-state index in [1.54, 1.807) is 0 Å². The Morgan fingerprint density at radius 1 is 0.562 bits per heavy atom. The Balaban J connectivity index is -0.0000000655. The molecule has 0 heterocycles. The summed E-state index contributed by atoms with van der Waals surface area (Å²) in [5.41, 5.74) is 0. The van der Waals surface area contributed by atoms with E-state index in [0.717, 1.165) is 0 Å². The number of hydrogen-bond acceptors (Lipinski definition) is 6. The van der Waals surface area contributed by atoms with E-state index in [0.29, 0.717) is 0 Å². The second-order valence-electron chi connectivity index (χ2n) is 1.24. The van der Waals surface area contributed by atoms with E-state index in [4.69, 9.17) is 38.9 Å². The predicted octanol–water partition coefficient (Wildman–Crippen LogP) is -0.726. The number of rotatable bonds is 0. The second-order valence-corrected chi connectivity index (χ2v) is 3.71. The van der Waals surface area contributed by atoms with Crippen LogP contribution in [-0.4, -0.2) is 38.9 Å².